The van der Waals surface area contributed by atoms with Crippen molar-refractivity contribution in [3.63, 3.8) is 0 Å². The largest absolute Gasteiger partial charge is 0.382 e. The van der Waals surface area contributed by atoms with E-state index in [4.69, 9.17) is 9.52 Å². The number of ether oxygens (including phenoxy) is 1. The summed E-state index contributed by atoms with van der Waals surface area (Å²) in [5.41, 5.74) is 1.14. The maximum Gasteiger partial charge on any atom is 0.260 e. The number of nitrogens with zero attached hydrogens (tertiary/aromatic N) is 2. The lowest BCUT2D eigenvalue weighted by Gasteiger charge is -2.35. The third kappa shape index (κ3) is 9.76. The molecule has 0 radical (unpaired) electrons. The van der Waals surface area contributed by atoms with E-state index in [1.165, 1.54) is 10.4 Å². The summed E-state index contributed by atoms with van der Waals surface area (Å²) in [5.74, 6) is 0.582. The summed E-state index contributed by atoms with van der Waals surface area (Å²) in [5, 5.41) is 0. The zero-order valence-corrected chi connectivity index (χ0v) is 25.6. The van der Waals surface area contributed by atoms with Gasteiger partial charge in [-0.1, -0.05) is 58.9 Å². The average molecular weight is 556 g/mol. The number of sulfonamides is 1. The fourth-order valence-corrected chi connectivity index (χ4v) is 7.13. The van der Waals surface area contributed by atoms with Gasteiger partial charge in [0.15, 0.2) is 0 Å². The lowest BCUT2D eigenvalue weighted by molar-refractivity contribution is 0.128. The van der Waals surface area contributed by atoms with Gasteiger partial charge in [0.2, 0.25) is 0 Å². The SMILES string of the molecule is C=CC1=C(/C=C(\C)S(=O)(=O)N(CC(C)C)C(/C=C\CCC)=C/C)N(CC(C)CCOCC)CCS1(=N)=O. The Kier molecular flexibility index (Phi) is 13.9. The molecule has 37 heavy (non-hydrogen) atoms. The fourth-order valence-electron chi connectivity index (χ4n) is 4.09. The van der Waals surface area contributed by atoms with E-state index < -0.39 is 19.8 Å². The Labute approximate surface area is 227 Å². The van der Waals surface area contributed by atoms with Crippen LogP contribution in [0.15, 0.2) is 58.2 Å². The summed E-state index contributed by atoms with van der Waals surface area (Å²) >= 11 is 0. The normalized spacial score (nSPS) is 20.7. The van der Waals surface area contributed by atoms with Gasteiger partial charge in [-0.05, 0) is 57.6 Å². The van der Waals surface area contributed by atoms with Gasteiger partial charge in [0.05, 0.1) is 31.0 Å². The maximum absolute atomic E-state index is 13.9. The van der Waals surface area contributed by atoms with Crippen molar-refractivity contribution in [1.82, 2.24) is 9.21 Å². The van der Waals surface area contributed by atoms with Crippen molar-refractivity contribution in [2.45, 2.75) is 67.7 Å². The van der Waals surface area contributed by atoms with Crippen LogP contribution in [0.1, 0.15) is 67.7 Å². The molecule has 1 N–H and O–H groups in total. The minimum absolute atomic E-state index is 0.115. The first-order valence-electron chi connectivity index (χ1n) is 13.3. The molecule has 0 aromatic carbocycles. The summed E-state index contributed by atoms with van der Waals surface area (Å²) in [6.45, 7) is 20.1. The Morgan fingerprint density at radius 3 is 2.51 bits per heavy atom. The maximum atomic E-state index is 13.9. The van der Waals surface area contributed by atoms with Crippen LogP contribution in [0.5, 0.6) is 0 Å². The summed E-state index contributed by atoms with van der Waals surface area (Å²) in [6.07, 6.45) is 11.4. The summed E-state index contributed by atoms with van der Waals surface area (Å²) in [4.78, 5) is 2.50. The highest BCUT2D eigenvalue weighted by atomic mass is 32.2. The molecule has 0 bridgehead atoms. The quantitative estimate of drug-likeness (QED) is 0.179. The van der Waals surface area contributed by atoms with Crippen molar-refractivity contribution in [3.8, 4) is 0 Å². The fraction of sp³-hybridized carbons (Fsp3) is 0.643. The molecule has 0 saturated carbocycles. The first-order chi connectivity index (χ1) is 17.3. The first-order valence-corrected chi connectivity index (χ1v) is 16.5. The molecule has 1 rings (SSSR count). The van der Waals surface area contributed by atoms with Gasteiger partial charge in [-0.15, -0.1) is 0 Å². The van der Waals surface area contributed by atoms with Crippen LogP contribution in [0.4, 0.5) is 0 Å². The predicted molar refractivity (Wildman–Crippen MR) is 157 cm³/mol. The number of rotatable bonds is 16. The highest BCUT2D eigenvalue weighted by Gasteiger charge is 2.30. The van der Waals surface area contributed by atoms with E-state index in [2.05, 4.69) is 25.3 Å². The zero-order chi connectivity index (χ0) is 28.2. The van der Waals surface area contributed by atoms with Crippen LogP contribution in [0.25, 0.3) is 0 Å². The van der Waals surface area contributed by atoms with Crippen molar-refractivity contribution in [2.75, 3.05) is 38.6 Å². The predicted octanol–water partition coefficient (Wildman–Crippen LogP) is 6.26. The molecule has 212 valence electrons. The monoisotopic (exact) mass is 555 g/mol. The molecule has 0 aromatic heterocycles. The van der Waals surface area contributed by atoms with Crippen molar-refractivity contribution < 1.29 is 17.4 Å². The van der Waals surface area contributed by atoms with Crippen molar-refractivity contribution >= 4 is 19.8 Å². The van der Waals surface area contributed by atoms with Gasteiger partial charge >= 0.3 is 0 Å². The molecule has 2 atom stereocenters. The lowest BCUT2D eigenvalue weighted by Crippen LogP contribution is -2.38. The molecule has 1 heterocycles. The van der Waals surface area contributed by atoms with Gasteiger partial charge in [0.1, 0.15) is 0 Å². The summed E-state index contributed by atoms with van der Waals surface area (Å²) in [7, 11) is -6.94. The van der Waals surface area contributed by atoms with Crippen molar-refractivity contribution in [3.05, 3.63) is 58.2 Å². The number of hydrogen-bond acceptors (Lipinski definition) is 6. The molecule has 0 aliphatic carbocycles. The van der Waals surface area contributed by atoms with E-state index in [0.717, 1.165) is 19.3 Å². The minimum Gasteiger partial charge on any atom is -0.382 e. The van der Waals surface area contributed by atoms with Gasteiger partial charge in [0, 0.05) is 38.5 Å². The Balaban J connectivity index is 3.56. The van der Waals surface area contributed by atoms with Crippen LogP contribution in [-0.2, 0) is 24.5 Å². The minimum atomic E-state index is -3.88. The third-order valence-electron chi connectivity index (χ3n) is 6.17. The number of unbranched alkanes of at least 4 members (excludes halogenated alkanes) is 1. The smallest absolute Gasteiger partial charge is 0.260 e. The van der Waals surface area contributed by atoms with Gasteiger partial charge in [-0.3, -0.25) is 4.31 Å². The number of hydrogen-bond donors (Lipinski definition) is 1. The van der Waals surface area contributed by atoms with E-state index in [-0.39, 0.29) is 22.5 Å². The molecule has 0 saturated heterocycles. The van der Waals surface area contributed by atoms with E-state index >= 15 is 0 Å². The molecule has 2 unspecified atom stereocenters. The van der Waals surface area contributed by atoms with Crippen LogP contribution in [0.3, 0.4) is 0 Å². The zero-order valence-electron chi connectivity index (χ0n) is 24.0. The van der Waals surface area contributed by atoms with Crippen LogP contribution in [0, 0.1) is 16.6 Å². The Hall–Kier alpha value is -1.84. The molecular formula is C28H49N3O4S2. The second-order valence-electron chi connectivity index (χ2n) is 9.96. The van der Waals surface area contributed by atoms with E-state index in [9.17, 15) is 12.6 Å². The number of nitrogens with one attached hydrogen (secondary N) is 1. The Morgan fingerprint density at radius 1 is 1.30 bits per heavy atom. The van der Waals surface area contributed by atoms with Gasteiger partial charge in [-0.2, -0.15) is 0 Å². The molecule has 9 heteroatoms. The Morgan fingerprint density at radius 2 is 1.97 bits per heavy atom. The second kappa shape index (κ2) is 15.5. The standard InChI is InChI=1S/C28H49N3O4S2/c1-9-13-14-15-26(10-2)31(21-23(5)6)37(33,34)25(8)20-27-28(11-3)36(29,32)19-17-30(27)22-24(7)16-18-35-12-4/h10-11,14-15,20,23-24,29H,3,9,12-13,16-19,21-22H2,1-2,4-8H3/b15-14-,25-20+,26-10+. The third-order valence-corrected chi connectivity index (χ3v) is 9.88. The molecule has 0 aromatic rings. The van der Waals surface area contributed by atoms with Gasteiger partial charge < -0.3 is 9.64 Å². The molecule has 1 aliphatic rings. The number of allylic oxidation sites excluding steroid dienone is 6. The molecule has 0 fully saturated rings. The van der Waals surface area contributed by atoms with E-state index in [1.807, 2.05) is 45.9 Å². The van der Waals surface area contributed by atoms with E-state index in [1.54, 1.807) is 13.0 Å². The highest BCUT2D eigenvalue weighted by molar-refractivity contribution is 7.96. The molecule has 0 spiro atoms. The van der Waals surface area contributed by atoms with Gasteiger partial charge in [0.25, 0.3) is 10.0 Å². The Bertz CT molecular complexity index is 1080. The summed E-state index contributed by atoms with van der Waals surface area (Å²) in [6, 6.07) is 0. The van der Waals surface area contributed by atoms with Crippen molar-refractivity contribution in [1.29, 1.82) is 4.78 Å². The van der Waals surface area contributed by atoms with Crippen LogP contribution in [0.2, 0.25) is 0 Å². The van der Waals surface area contributed by atoms with Gasteiger partial charge in [-0.25, -0.2) is 17.4 Å². The van der Waals surface area contributed by atoms with Crippen LogP contribution in [-0.4, -0.2) is 60.4 Å². The summed E-state index contributed by atoms with van der Waals surface area (Å²) < 4.78 is 56.3. The lowest BCUT2D eigenvalue weighted by atomic mass is 10.1. The molecule has 1 aliphatic heterocycles. The first kappa shape index (κ1) is 33.2. The van der Waals surface area contributed by atoms with Crippen molar-refractivity contribution in [2.24, 2.45) is 11.8 Å². The molecule has 0 amide bonds. The second-order valence-corrected chi connectivity index (χ2v) is 14.2. The average Bonchev–Trinajstić information content (AvgIpc) is 2.82. The van der Waals surface area contributed by atoms with Crippen LogP contribution < -0.4 is 0 Å². The topological polar surface area (TPSA) is 90.8 Å². The van der Waals surface area contributed by atoms with E-state index in [0.29, 0.717) is 49.1 Å². The van der Waals surface area contributed by atoms with Crippen LogP contribution >= 0.6 is 0 Å². The highest BCUT2D eigenvalue weighted by Crippen LogP contribution is 2.30. The molecule has 7 nitrogen and oxygen atoms in total. The molecular weight excluding hydrogens is 506 g/mol.